The molecule has 0 spiro atoms. The fraction of sp³-hybridized carbons (Fsp3) is 0.200. The van der Waals surface area contributed by atoms with Crippen LogP contribution in [0.25, 0.3) is 10.9 Å². The third kappa shape index (κ3) is 4.70. The van der Waals surface area contributed by atoms with Crippen LogP contribution in [0, 0.1) is 11.8 Å². The van der Waals surface area contributed by atoms with Crippen LogP contribution in [0.15, 0.2) is 42.5 Å². The lowest BCUT2D eigenvalue weighted by Gasteiger charge is -2.08. The maximum absolute atomic E-state index is 12.3. The van der Waals surface area contributed by atoms with Crippen molar-refractivity contribution in [2.75, 3.05) is 24.4 Å². The maximum Gasteiger partial charge on any atom is 0.324 e. The Morgan fingerprint density at radius 1 is 1.15 bits per heavy atom. The number of urea groups is 1. The molecule has 0 aliphatic heterocycles. The number of amides is 2. The van der Waals surface area contributed by atoms with E-state index in [1.54, 1.807) is 31.4 Å². The molecule has 0 atom stereocenters. The fourth-order valence-corrected chi connectivity index (χ4v) is 2.44. The van der Waals surface area contributed by atoms with E-state index in [1.165, 1.54) is 0 Å². The van der Waals surface area contributed by atoms with Crippen molar-refractivity contribution >= 4 is 28.4 Å². The molecule has 2 aromatic carbocycles. The molecule has 2 amide bonds. The van der Waals surface area contributed by atoms with E-state index < -0.39 is 6.03 Å². The van der Waals surface area contributed by atoms with Crippen LogP contribution in [-0.4, -0.2) is 29.9 Å². The highest BCUT2D eigenvalue weighted by molar-refractivity contribution is 6.04. The van der Waals surface area contributed by atoms with Gasteiger partial charge in [-0.1, -0.05) is 18.9 Å². The van der Waals surface area contributed by atoms with Gasteiger partial charge in [0.25, 0.3) is 0 Å². The molecule has 0 aliphatic rings. The number of nitrogens with zero attached hydrogens (tertiary/aromatic N) is 1. The van der Waals surface area contributed by atoms with Crippen LogP contribution in [0.4, 0.5) is 16.3 Å². The molecular weight excluding hydrogens is 344 g/mol. The summed E-state index contributed by atoms with van der Waals surface area (Å²) in [7, 11) is 1.57. The first-order chi connectivity index (χ1) is 13.2. The molecule has 0 aliphatic carbocycles. The van der Waals surface area contributed by atoms with E-state index in [-0.39, 0.29) is 0 Å². The first-order valence-electron chi connectivity index (χ1n) is 8.48. The smallest absolute Gasteiger partial charge is 0.324 e. The van der Waals surface area contributed by atoms with Gasteiger partial charge >= 0.3 is 6.03 Å². The van der Waals surface area contributed by atoms with Gasteiger partial charge in [-0.15, -0.1) is 5.92 Å². The van der Waals surface area contributed by atoms with Gasteiger partial charge in [0, 0.05) is 23.6 Å². The number of fused-ring (bicyclic) bond motifs is 1. The zero-order valence-corrected chi connectivity index (χ0v) is 15.1. The Bertz CT molecular complexity index is 1000. The molecule has 27 heavy (non-hydrogen) atoms. The summed E-state index contributed by atoms with van der Waals surface area (Å²) in [5.74, 6) is 7.60. The summed E-state index contributed by atoms with van der Waals surface area (Å²) < 4.78 is 10.8. The van der Waals surface area contributed by atoms with E-state index in [9.17, 15) is 4.79 Å². The Balaban J connectivity index is 1.70. The van der Waals surface area contributed by atoms with Crippen LogP contribution in [0.3, 0.4) is 0 Å². The molecule has 0 saturated heterocycles. The largest absolute Gasteiger partial charge is 0.497 e. The third-order valence-electron chi connectivity index (χ3n) is 3.71. The fourth-order valence-electron chi connectivity index (χ4n) is 2.44. The first-order valence-corrected chi connectivity index (χ1v) is 8.48. The Kier molecular flexibility index (Phi) is 5.80. The van der Waals surface area contributed by atoms with Crippen LogP contribution in [0.2, 0.25) is 0 Å². The number of carbonyl (C=O) groups is 1. The number of aromatic nitrogens is 2. The number of H-pyrrole nitrogens is 1. The molecule has 1 heterocycles. The number of ether oxygens (including phenoxy) is 2. The highest BCUT2D eigenvalue weighted by atomic mass is 16.5. The Morgan fingerprint density at radius 3 is 2.85 bits per heavy atom. The lowest BCUT2D eigenvalue weighted by molar-refractivity contribution is 0.262. The Hall–Kier alpha value is -3.66. The Labute approximate surface area is 157 Å². The number of carbonyl (C=O) groups excluding carboxylic acids is 1. The molecule has 0 bridgehead atoms. The van der Waals surface area contributed by atoms with Crippen molar-refractivity contribution in [1.29, 1.82) is 0 Å². The SMILES string of the molecule is CCC#CCOc1ccc2[nH]nc(NC(=O)Nc3cccc(OC)c3)c2c1. The second-order valence-corrected chi connectivity index (χ2v) is 5.59. The topological polar surface area (TPSA) is 88.3 Å². The summed E-state index contributed by atoms with van der Waals surface area (Å²) in [6.07, 6.45) is 0.792. The second-order valence-electron chi connectivity index (χ2n) is 5.59. The predicted molar refractivity (Wildman–Crippen MR) is 105 cm³/mol. The van der Waals surface area contributed by atoms with Gasteiger partial charge in [0.05, 0.1) is 12.6 Å². The summed E-state index contributed by atoms with van der Waals surface area (Å²) in [4.78, 5) is 12.3. The van der Waals surface area contributed by atoms with Gasteiger partial charge in [-0.05, 0) is 30.3 Å². The average molecular weight is 364 g/mol. The lowest BCUT2D eigenvalue weighted by Crippen LogP contribution is -2.19. The van der Waals surface area contributed by atoms with E-state index in [1.807, 2.05) is 25.1 Å². The third-order valence-corrected chi connectivity index (χ3v) is 3.71. The summed E-state index contributed by atoms with van der Waals surface area (Å²) in [6, 6.07) is 12.2. The van der Waals surface area contributed by atoms with Gasteiger partial charge in [-0.2, -0.15) is 5.10 Å². The molecule has 138 valence electrons. The summed E-state index contributed by atoms with van der Waals surface area (Å²) in [6.45, 7) is 2.30. The van der Waals surface area contributed by atoms with Crippen molar-refractivity contribution in [3.63, 3.8) is 0 Å². The van der Waals surface area contributed by atoms with Crippen molar-refractivity contribution in [3.05, 3.63) is 42.5 Å². The number of nitrogens with one attached hydrogen (secondary N) is 3. The molecule has 0 radical (unpaired) electrons. The molecule has 3 aromatic rings. The first kappa shape index (κ1) is 18.1. The van der Waals surface area contributed by atoms with E-state index in [0.717, 1.165) is 17.3 Å². The van der Waals surface area contributed by atoms with Gasteiger partial charge in [0.2, 0.25) is 0 Å². The minimum atomic E-state index is -0.406. The van der Waals surface area contributed by atoms with E-state index in [4.69, 9.17) is 9.47 Å². The molecule has 1 aromatic heterocycles. The molecule has 0 fully saturated rings. The van der Waals surface area contributed by atoms with Gasteiger partial charge in [0.1, 0.15) is 18.1 Å². The highest BCUT2D eigenvalue weighted by Gasteiger charge is 2.11. The van der Waals surface area contributed by atoms with Gasteiger partial charge in [-0.3, -0.25) is 10.4 Å². The van der Waals surface area contributed by atoms with Crippen molar-refractivity contribution < 1.29 is 14.3 Å². The van der Waals surface area contributed by atoms with Crippen molar-refractivity contribution in [2.24, 2.45) is 0 Å². The van der Waals surface area contributed by atoms with Crippen LogP contribution in [0.1, 0.15) is 13.3 Å². The normalized spacial score (nSPS) is 10.0. The minimum absolute atomic E-state index is 0.316. The predicted octanol–water partition coefficient (Wildman–Crippen LogP) is 4.01. The van der Waals surface area contributed by atoms with Gasteiger partial charge in [-0.25, -0.2) is 4.79 Å². The molecule has 3 rings (SSSR count). The summed E-state index contributed by atoms with van der Waals surface area (Å²) in [5, 5.41) is 13.3. The number of anilines is 2. The van der Waals surface area contributed by atoms with Crippen LogP contribution < -0.4 is 20.1 Å². The van der Waals surface area contributed by atoms with Crippen molar-refractivity contribution in [1.82, 2.24) is 10.2 Å². The number of methoxy groups -OCH3 is 1. The van der Waals surface area contributed by atoms with Crippen LogP contribution in [-0.2, 0) is 0 Å². The molecule has 7 heteroatoms. The minimum Gasteiger partial charge on any atom is -0.497 e. The number of rotatable bonds is 5. The van der Waals surface area contributed by atoms with Crippen molar-refractivity contribution in [2.45, 2.75) is 13.3 Å². The lowest BCUT2D eigenvalue weighted by atomic mass is 10.2. The number of aromatic amines is 1. The monoisotopic (exact) mass is 364 g/mol. The Morgan fingerprint density at radius 2 is 2.04 bits per heavy atom. The second kappa shape index (κ2) is 8.63. The summed E-state index contributed by atoms with van der Waals surface area (Å²) in [5.41, 5.74) is 1.41. The van der Waals surface area contributed by atoms with Crippen molar-refractivity contribution in [3.8, 4) is 23.3 Å². The zero-order chi connectivity index (χ0) is 19.1. The van der Waals surface area contributed by atoms with E-state index in [0.29, 0.717) is 29.6 Å². The van der Waals surface area contributed by atoms with Crippen LogP contribution in [0.5, 0.6) is 11.5 Å². The molecular formula is C20H20N4O3. The highest BCUT2D eigenvalue weighted by Crippen LogP contribution is 2.25. The molecule has 7 nitrogen and oxygen atoms in total. The van der Waals surface area contributed by atoms with E-state index in [2.05, 4.69) is 32.7 Å². The molecule has 0 unspecified atom stereocenters. The molecule has 0 saturated carbocycles. The van der Waals surface area contributed by atoms with Crippen LogP contribution >= 0.6 is 0 Å². The average Bonchev–Trinajstić information content (AvgIpc) is 3.07. The number of hydrogen-bond donors (Lipinski definition) is 3. The van der Waals surface area contributed by atoms with Gasteiger partial charge < -0.3 is 14.8 Å². The van der Waals surface area contributed by atoms with Gasteiger partial charge in [0.15, 0.2) is 5.82 Å². The maximum atomic E-state index is 12.3. The van der Waals surface area contributed by atoms with E-state index >= 15 is 0 Å². The number of benzene rings is 2. The quantitative estimate of drug-likeness (QED) is 0.597. The standard InChI is InChI=1S/C20H20N4O3/c1-3-4-5-11-27-16-9-10-18-17(13-16)19(24-23-18)22-20(25)21-14-7-6-8-15(12-14)26-2/h6-10,12-13H,3,11H2,1-2H3,(H3,21,22,23,24,25). The number of hydrogen-bond acceptors (Lipinski definition) is 4. The molecule has 3 N–H and O–H groups in total. The summed E-state index contributed by atoms with van der Waals surface area (Å²) >= 11 is 0. The zero-order valence-electron chi connectivity index (χ0n) is 15.1.